The number of hydrogen-bond donors (Lipinski definition) is 1. The van der Waals surface area contributed by atoms with Crippen molar-refractivity contribution in [3.63, 3.8) is 0 Å². The highest BCUT2D eigenvalue weighted by molar-refractivity contribution is 7.99. The summed E-state index contributed by atoms with van der Waals surface area (Å²) in [4.78, 5) is 15.2. The lowest BCUT2D eigenvalue weighted by Gasteiger charge is -2.26. The van der Waals surface area contributed by atoms with Crippen LogP contribution in [0.1, 0.15) is 39.5 Å². The molecule has 1 atom stereocenters. The largest absolute Gasteiger partial charge is 0.352 e. The van der Waals surface area contributed by atoms with Crippen LogP contribution in [0.5, 0.6) is 0 Å². The van der Waals surface area contributed by atoms with Crippen LogP contribution in [0.2, 0.25) is 5.28 Å². The molecule has 2 heterocycles. The summed E-state index contributed by atoms with van der Waals surface area (Å²) >= 11 is 8.00. The fraction of sp³-hybridized carbons (Fsp3) is 0.786. The smallest absolute Gasteiger partial charge is 0.231 e. The van der Waals surface area contributed by atoms with E-state index in [1.54, 1.807) is 0 Å². The minimum absolute atomic E-state index is 0.267. The number of anilines is 2. The van der Waals surface area contributed by atoms with Gasteiger partial charge in [0.15, 0.2) is 0 Å². The topological polar surface area (TPSA) is 53.9 Å². The summed E-state index contributed by atoms with van der Waals surface area (Å²) in [5, 5.41) is 3.60. The first-order valence-corrected chi connectivity index (χ1v) is 9.23. The summed E-state index contributed by atoms with van der Waals surface area (Å²) in [5.74, 6) is 3.59. The van der Waals surface area contributed by atoms with Gasteiger partial charge < -0.3 is 10.2 Å². The highest BCUT2D eigenvalue weighted by atomic mass is 35.5. The second kappa shape index (κ2) is 8.63. The van der Waals surface area contributed by atoms with Crippen molar-refractivity contribution in [1.82, 2.24) is 15.0 Å². The van der Waals surface area contributed by atoms with Gasteiger partial charge >= 0.3 is 0 Å². The molecule has 2 rings (SSSR count). The summed E-state index contributed by atoms with van der Waals surface area (Å²) in [5.41, 5.74) is 0. The Kier molecular flexibility index (Phi) is 6.83. The van der Waals surface area contributed by atoms with Gasteiger partial charge in [0.2, 0.25) is 17.2 Å². The molecule has 1 aromatic heterocycles. The maximum absolute atomic E-state index is 6.05. The maximum Gasteiger partial charge on any atom is 0.231 e. The lowest BCUT2D eigenvalue weighted by atomic mass is 10.1. The average molecular weight is 330 g/mol. The number of rotatable bonds is 7. The molecule has 21 heavy (non-hydrogen) atoms. The van der Waals surface area contributed by atoms with Crippen LogP contribution in [-0.2, 0) is 0 Å². The van der Waals surface area contributed by atoms with Crippen molar-refractivity contribution in [2.24, 2.45) is 0 Å². The van der Waals surface area contributed by atoms with Crippen molar-refractivity contribution in [3.8, 4) is 0 Å². The first kappa shape index (κ1) is 16.6. The van der Waals surface area contributed by atoms with E-state index < -0.39 is 0 Å². The third kappa shape index (κ3) is 5.51. The molecule has 1 aliphatic rings. The highest BCUT2D eigenvalue weighted by Crippen LogP contribution is 2.19. The molecule has 0 spiro atoms. The summed E-state index contributed by atoms with van der Waals surface area (Å²) in [6.07, 6.45) is 4.75. The zero-order valence-corrected chi connectivity index (χ0v) is 14.4. The van der Waals surface area contributed by atoms with E-state index in [0.29, 0.717) is 17.9 Å². The Morgan fingerprint density at radius 3 is 2.71 bits per heavy atom. The number of nitrogens with zero attached hydrogens (tertiary/aromatic N) is 4. The fourth-order valence-electron chi connectivity index (χ4n) is 2.34. The molecule has 1 unspecified atom stereocenters. The number of piperidine rings is 1. The monoisotopic (exact) mass is 329 g/mol. The Morgan fingerprint density at radius 1 is 1.24 bits per heavy atom. The zero-order valence-electron chi connectivity index (χ0n) is 12.8. The molecule has 1 aliphatic heterocycles. The molecule has 1 saturated heterocycles. The molecular formula is C14H24ClN5S. The Balaban J connectivity index is 1.97. The number of hydrogen-bond acceptors (Lipinski definition) is 6. The van der Waals surface area contributed by atoms with Gasteiger partial charge in [0.05, 0.1) is 0 Å². The first-order chi connectivity index (χ1) is 10.2. The molecule has 0 aliphatic carbocycles. The van der Waals surface area contributed by atoms with Crippen molar-refractivity contribution in [2.75, 3.05) is 34.8 Å². The van der Waals surface area contributed by atoms with E-state index in [4.69, 9.17) is 11.6 Å². The lowest BCUT2D eigenvalue weighted by Crippen LogP contribution is -2.31. The van der Waals surface area contributed by atoms with Crippen LogP contribution in [0.3, 0.4) is 0 Å². The molecule has 5 nitrogen and oxygen atoms in total. The Bertz CT molecular complexity index is 439. The van der Waals surface area contributed by atoms with Crippen LogP contribution in [0.25, 0.3) is 0 Å². The van der Waals surface area contributed by atoms with Gasteiger partial charge in [0.1, 0.15) is 0 Å². The molecule has 0 aromatic carbocycles. The Hall–Kier alpha value is -0.750. The summed E-state index contributed by atoms with van der Waals surface area (Å²) in [6.45, 7) is 6.33. The van der Waals surface area contributed by atoms with Gasteiger partial charge in [-0.05, 0) is 55.7 Å². The van der Waals surface area contributed by atoms with Gasteiger partial charge in [-0.25, -0.2) is 0 Å². The molecular weight excluding hydrogens is 306 g/mol. The number of aromatic nitrogens is 3. The molecule has 1 aromatic rings. The predicted octanol–water partition coefficient (Wildman–Crippen LogP) is 3.46. The van der Waals surface area contributed by atoms with E-state index >= 15 is 0 Å². The normalized spacial score (nSPS) is 16.8. The molecule has 0 bridgehead atoms. The molecule has 118 valence electrons. The Morgan fingerprint density at radius 2 is 2.00 bits per heavy atom. The average Bonchev–Trinajstić information content (AvgIpc) is 2.48. The van der Waals surface area contributed by atoms with E-state index in [2.05, 4.69) is 39.0 Å². The van der Waals surface area contributed by atoms with Crippen LogP contribution < -0.4 is 10.2 Å². The van der Waals surface area contributed by atoms with Crippen molar-refractivity contribution in [1.29, 1.82) is 0 Å². The third-order valence-electron chi connectivity index (χ3n) is 3.51. The van der Waals surface area contributed by atoms with E-state index in [9.17, 15) is 0 Å². The van der Waals surface area contributed by atoms with Gasteiger partial charge in [-0.1, -0.05) is 6.92 Å². The van der Waals surface area contributed by atoms with Crippen LogP contribution in [0.15, 0.2) is 0 Å². The van der Waals surface area contributed by atoms with Gasteiger partial charge in [0, 0.05) is 19.1 Å². The Labute approximate surface area is 136 Å². The van der Waals surface area contributed by atoms with Gasteiger partial charge in [-0.2, -0.15) is 26.7 Å². The highest BCUT2D eigenvalue weighted by Gasteiger charge is 2.16. The van der Waals surface area contributed by atoms with E-state index in [0.717, 1.165) is 31.0 Å². The molecule has 1 fully saturated rings. The van der Waals surface area contributed by atoms with Crippen molar-refractivity contribution >= 4 is 35.3 Å². The minimum Gasteiger partial charge on any atom is -0.352 e. The number of thioether (sulfide) groups is 1. The maximum atomic E-state index is 6.05. The third-order valence-corrected chi connectivity index (χ3v) is 4.61. The number of halogens is 1. The first-order valence-electron chi connectivity index (χ1n) is 7.70. The van der Waals surface area contributed by atoms with Crippen molar-refractivity contribution < 1.29 is 0 Å². The van der Waals surface area contributed by atoms with Gasteiger partial charge in [-0.15, -0.1) is 0 Å². The second-order valence-corrected chi connectivity index (χ2v) is 7.04. The summed E-state index contributed by atoms with van der Waals surface area (Å²) in [6, 6.07) is 0.330. The second-order valence-electron chi connectivity index (χ2n) is 5.31. The molecule has 0 amide bonds. The minimum atomic E-state index is 0.267. The number of nitrogens with one attached hydrogen (secondary N) is 1. The van der Waals surface area contributed by atoms with Gasteiger partial charge in [-0.3, -0.25) is 0 Å². The van der Waals surface area contributed by atoms with Crippen molar-refractivity contribution in [3.05, 3.63) is 5.28 Å². The predicted molar refractivity (Wildman–Crippen MR) is 91.6 cm³/mol. The van der Waals surface area contributed by atoms with Crippen LogP contribution in [0.4, 0.5) is 11.9 Å². The SMILES string of the molecule is CCSCCC(C)Nc1nc(Cl)nc(N2CCCCC2)n1. The van der Waals surface area contributed by atoms with Crippen LogP contribution in [-0.4, -0.2) is 45.6 Å². The van der Waals surface area contributed by atoms with Gasteiger partial charge in [0.25, 0.3) is 0 Å². The quantitative estimate of drug-likeness (QED) is 0.773. The molecule has 0 saturated carbocycles. The summed E-state index contributed by atoms with van der Waals surface area (Å²) < 4.78 is 0. The van der Waals surface area contributed by atoms with Crippen LogP contribution in [0, 0.1) is 0 Å². The van der Waals surface area contributed by atoms with E-state index in [1.807, 2.05) is 11.8 Å². The van der Waals surface area contributed by atoms with Crippen molar-refractivity contribution in [2.45, 2.75) is 45.6 Å². The standard InChI is InChI=1S/C14H24ClN5S/c1-3-21-10-7-11(2)16-13-17-12(15)18-14(19-13)20-8-5-4-6-9-20/h11H,3-10H2,1-2H3,(H,16,17,18,19). The summed E-state index contributed by atoms with van der Waals surface area (Å²) in [7, 11) is 0. The van der Waals surface area contributed by atoms with Crippen LogP contribution >= 0.6 is 23.4 Å². The fourth-order valence-corrected chi connectivity index (χ4v) is 3.30. The molecule has 7 heteroatoms. The zero-order chi connectivity index (χ0) is 15.1. The molecule has 0 radical (unpaired) electrons. The van der Waals surface area contributed by atoms with E-state index in [1.165, 1.54) is 19.3 Å². The molecule has 1 N–H and O–H groups in total. The lowest BCUT2D eigenvalue weighted by molar-refractivity contribution is 0.567. The van der Waals surface area contributed by atoms with E-state index in [-0.39, 0.29) is 5.28 Å².